The van der Waals surface area contributed by atoms with E-state index in [4.69, 9.17) is 4.74 Å². The Hall–Kier alpha value is -2.22. The standard InChI is InChI=1S/C20H22O2/c1-14(2)7-6-11-20(3)12-10-17-18(22-20)13-15-8-4-5-9-16(15)19(17)21/h4-5,7-10,12-13,21H,6,11H2,1-3H3. The van der Waals surface area contributed by atoms with Crippen molar-refractivity contribution >= 4 is 16.8 Å². The fourth-order valence-electron chi connectivity index (χ4n) is 2.89. The van der Waals surface area contributed by atoms with Gasteiger partial charge in [-0.1, -0.05) is 35.9 Å². The highest BCUT2D eigenvalue weighted by Gasteiger charge is 2.28. The van der Waals surface area contributed by atoms with E-state index >= 15 is 0 Å². The van der Waals surface area contributed by atoms with Gasteiger partial charge in [-0.15, -0.1) is 0 Å². The average molecular weight is 294 g/mol. The van der Waals surface area contributed by atoms with Crippen molar-refractivity contribution in [2.45, 2.75) is 39.2 Å². The van der Waals surface area contributed by atoms with Crippen molar-refractivity contribution in [3.05, 3.63) is 53.6 Å². The molecule has 0 spiro atoms. The Balaban J connectivity index is 1.95. The second-order valence-corrected chi connectivity index (χ2v) is 6.43. The lowest BCUT2D eigenvalue weighted by Gasteiger charge is -2.32. The maximum absolute atomic E-state index is 10.5. The molecule has 3 rings (SSSR count). The van der Waals surface area contributed by atoms with Crippen LogP contribution in [-0.4, -0.2) is 10.7 Å². The fraction of sp³-hybridized carbons (Fsp3) is 0.300. The Bertz CT molecular complexity index is 767. The number of allylic oxidation sites excluding steroid dienone is 2. The number of ether oxygens (including phenoxy) is 1. The predicted molar refractivity (Wildman–Crippen MR) is 92.3 cm³/mol. The van der Waals surface area contributed by atoms with Gasteiger partial charge in [-0.2, -0.15) is 0 Å². The van der Waals surface area contributed by atoms with E-state index in [9.17, 15) is 5.11 Å². The van der Waals surface area contributed by atoms with Gasteiger partial charge in [0, 0.05) is 5.39 Å². The summed E-state index contributed by atoms with van der Waals surface area (Å²) in [5.74, 6) is 1.06. The molecular formula is C20H22O2. The fourth-order valence-corrected chi connectivity index (χ4v) is 2.89. The van der Waals surface area contributed by atoms with Gasteiger partial charge >= 0.3 is 0 Å². The summed E-state index contributed by atoms with van der Waals surface area (Å²) in [6.45, 7) is 6.32. The van der Waals surface area contributed by atoms with Crippen molar-refractivity contribution in [1.82, 2.24) is 0 Å². The third-order valence-corrected chi connectivity index (χ3v) is 4.16. The predicted octanol–water partition coefficient (Wildman–Crippen LogP) is 5.46. The first-order chi connectivity index (χ1) is 10.5. The van der Waals surface area contributed by atoms with E-state index in [-0.39, 0.29) is 5.60 Å². The molecule has 2 heteroatoms. The lowest BCUT2D eigenvalue weighted by atomic mass is 9.93. The Morgan fingerprint density at radius 1 is 1.27 bits per heavy atom. The highest BCUT2D eigenvalue weighted by atomic mass is 16.5. The van der Waals surface area contributed by atoms with Crippen LogP contribution in [0, 0.1) is 0 Å². The molecule has 1 N–H and O–H groups in total. The number of hydrogen-bond acceptors (Lipinski definition) is 2. The molecule has 0 amide bonds. The van der Waals surface area contributed by atoms with E-state index in [0.29, 0.717) is 5.75 Å². The van der Waals surface area contributed by atoms with E-state index < -0.39 is 0 Å². The second kappa shape index (κ2) is 5.53. The molecule has 0 saturated carbocycles. The highest BCUT2D eigenvalue weighted by molar-refractivity contribution is 5.94. The molecule has 1 unspecified atom stereocenters. The minimum atomic E-state index is -0.326. The first-order valence-electron chi connectivity index (χ1n) is 7.75. The molecule has 114 valence electrons. The van der Waals surface area contributed by atoms with Gasteiger partial charge in [0.05, 0.1) is 5.56 Å². The van der Waals surface area contributed by atoms with Crippen LogP contribution in [0.2, 0.25) is 0 Å². The van der Waals surface area contributed by atoms with Crippen molar-refractivity contribution in [2.24, 2.45) is 0 Å². The molecular weight excluding hydrogens is 272 g/mol. The number of aromatic hydroxyl groups is 1. The SMILES string of the molecule is CC(C)=CCCC1(C)C=Cc2c(cc3ccccc3c2O)O1. The molecule has 0 radical (unpaired) electrons. The molecule has 0 bridgehead atoms. The quantitative estimate of drug-likeness (QED) is 0.762. The van der Waals surface area contributed by atoms with Crippen LogP contribution in [0.15, 0.2) is 48.1 Å². The Labute approximate surface area is 131 Å². The van der Waals surface area contributed by atoms with Crippen molar-refractivity contribution < 1.29 is 9.84 Å². The smallest absolute Gasteiger partial charge is 0.134 e. The molecule has 0 fully saturated rings. The van der Waals surface area contributed by atoms with E-state index in [1.165, 1.54) is 5.57 Å². The first-order valence-corrected chi connectivity index (χ1v) is 7.75. The number of hydrogen-bond donors (Lipinski definition) is 1. The molecule has 2 nitrogen and oxygen atoms in total. The second-order valence-electron chi connectivity index (χ2n) is 6.43. The lowest BCUT2D eigenvalue weighted by molar-refractivity contribution is 0.128. The zero-order valence-corrected chi connectivity index (χ0v) is 13.4. The summed E-state index contributed by atoms with van der Waals surface area (Å²) in [4.78, 5) is 0. The average Bonchev–Trinajstić information content (AvgIpc) is 2.46. The highest BCUT2D eigenvalue weighted by Crippen LogP contribution is 2.42. The molecule has 1 atom stereocenters. The van der Waals surface area contributed by atoms with E-state index in [0.717, 1.165) is 34.9 Å². The summed E-state index contributed by atoms with van der Waals surface area (Å²) in [5, 5.41) is 12.3. The topological polar surface area (TPSA) is 29.5 Å². The maximum Gasteiger partial charge on any atom is 0.134 e. The zero-order valence-electron chi connectivity index (χ0n) is 13.4. The molecule has 0 saturated heterocycles. The van der Waals surface area contributed by atoms with Crippen molar-refractivity contribution in [3.8, 4) is 11.5 Å². The van der Waals surface area contributed by atoms with Crippen LogP contribution >= 0.6 is 0 Å². The third-order valence-electron chi connectivity index (χ3n) is 4.16. The van der Waals surface area contributed by atoms with Crippen LogP contribution in [0.4, 0.5) is 0 Å². The first kappa shape index (κ1) is 14.7. The van der Waals surface area contributed by atoms with Gasteiger partial charge in [0.15, 0.2) is 0 Å². The van der Waals surface area contributed by atoms with Crippen LogP contribution in [0.3, 0.4) is 0 Å². The van der Waals surface area contributed by atoms with E-state index in [1.807, 2.05) is 36.4 Å². The number of rotatable bonds is 3. The van der Waals surface area contributed by atoms with Crippen molar-refractivity contribution in [2.75, 3.05) is 0 Å². The molecule has 0 aliphatic carbocycles. The Morgan fingerprint density at radius 3 is 2.82 bits per heavy atom. The normalized spacial score (nSPS) is 19.6. The van der Waals surface area contributed by atoms with E-state index in [2.05, 4.69) is 32.9 Å². The van der Waals surface area contributed by atoms with Gasteiger partial charge in [0.2, 0.25) is 0 Å². The molecule has 2 aromatic rings. The van der Waals surface area contributed by atoms with Crippen molar-refractivity contribution in [1.29, 1.82) is 0 Å². The number of benzene rings is 2. The Kier molecular flexibility index (Phi) is 3.69. The number of fused-ring (bicyclic) bond motifs is 2. The van der Waals surface area contributed by atoms with Gasteiger partial charge in [0.1, 0.15) is 17.1 Å². The monoisotopic (exact) mass is 294 g/mol. The minimum Gasteiger partial charge on any atom is -0.507 e. The molecule has 22 heavy (non-hydrogen) atoms. The molecule has 0 aromatic heterocycles. The molecule has 1 aliphatic rings. The molecule has 1 aliphatic heterocycles. The van der Waals surface area contributed by atoms with Gasteiger partial charge in [-0.05, 0) is 57.2 Å². The van der Waals surface area contributed by atoms with Crippen LogP contribution < -0.4 is 4.74 Å². The zero-order chi connectivity index (χ0) is 15.7. The summed E-state index contributed by atoms with van der Waals surface area (Å²) in [7, 11) is 0. The van der Waals surface area contributed by atoms with Gasteiger partial charge in [-0.25, -0.2) is 0 Å². The van der Waals surface area contributed by atoms with Crippen LogP contribution in [0.5, 0.6) is 11.5 Å². The van der Waals surface area contributed by atoms with Gasteiger partial charge < -0.3 is 9.84 Å². The van der Waals surface area contributed by atoms with Crippen LogP contribution in [0.1, 0.15) is 39.2 Å². The molecule has 2 aromatic carbocycles. The van der Waals surface area contributed by atoms with Crippen LogP contribution in [-0.2, 0) is 0 Å². The Morgan fingerprint density at radius 2 is 2.05 bits per heavy atom. The van der Waals surface area contributed by atoms with Crippen molar-refractivity contribution in [3.63, 3.8) is 0 Å². The number of phenols is 1. The number of phenolic OH excluding ortho intramolecular Hbond substituents is 1. The largest absolute Gasteiger partial charge is 0.507 e. The maximum atomic E-state index is 10.5. The summed E-state index contributed by atoms with van der Waals surface area (Å²) < 4.78 is 6.21. The summed E-state index contributed by atoms with van der Waals surface area (Å²) in [5.41, 5.74) is 1.78. The van der Waals surface area contributed by atoms with Gasteiger partial charge in [0.25, 0.3) is 0 Å². The third kappa shape index (κ3) is 2.74. The van der Waals surface area contributed by atoms with Crippen LogP contribution in [0.25, 0.3) is 16.8 Å². The lowest BCUT2D eigenvalue weighted by Crippen LogP contribution is -2.31. The summed E-state index contributed by atoms with van der Waals surface area (Å²) in [6.07, 6.45) is 8.18. The summed E-state index contributed by atoms with van der Waals surface area (Å²) in [6, 6.07) is 9.86. The molecule has 1 heterocycles. The van der Waals surface area contributed by atoms with E-state index in [1.54, 1.807) is 0 Å². The summed E-state index contributed by atoms with van der Waals surface area (Å²) >= 11 is 0. The minimum absolute atomic E-state index is 0.302. The van der Waals surface area contributed by atoms with Gasteiger partial charge in [-0.3, -0.25) is 0 Å².